The van der Waals surface area contributed by atoms with E-state index in [4.69, 9.17) is 4.74 Å². The normalized spacial score (nSPS) is 18.2. The highest BCUT2D eigenvalue weighted by atomic mass is 16.5. The van der Waals surface area contributed by atoms with E-state index in [2.05, 4.69) is 11.8 Å². The molecule has 5 heteroatoms. The number of benzene rings is 1. The number of ether oxygens (including phenoxy) is 1. The van der Waals surface area contributed by atoms with Crippen molar-refractivity contribution in [2.24, 2.45) is 5.41 Å². The zero-order valence-electron chi connectivity index (χ0n) is 18.5. The number of ketones is 1. The Morgan fingerprint density at radius 3 is 2.17 bits per heavy atom. The van der Waals surface area contributed by atoms with E-state index < -0.39 is 5.97 Å². The van der Waals surface area contributed by atoms with Crippen LogP contribution in [-0.4, -0.2) is 35.6 Å². The lowest BCUT2D eigenvalue weighted by Gasteiger charge is -2.44. The SMILES string of the molecule is CC#Cc1cc(C)c(C2=C(OC(C)=O)CC3(CCN(C(C)=O)CC3)CC2=O)c(C)c1. The first kappa shape index (κ1) is 21.8. The van der Waals surface area contributed by atoms with Crippen LogP contribution in [0.15, 0.2) is 17.9 Å². The fourth-order valence-corrected chi connectivity index (χ4v) is 4.84. The highest BCUT2D eigenvalue weighted by molar-refractivity contribution is 6.23. The van der Waals surface area contributed by atoms with Crippen molar-refractivity contribution in [2.45, 2.75) is 60.3 Å². The maximum atomic E-state index is 13.4. The number of piperidine rings is 1. The predicted octanol–water partition coefficient (Wildman–Crippen LogP) is 3.94. The van der Waals surface area contributed by atoms with Gasteiger partial charge in [-0.25, -0.2) is 0 Å². The first-order chi connectivity index (χ1) is 14.2. The standard InChI is InChI=1S/C25H29NO4/c1-6-7-20-12-16(2)23(17(3)13-20)24-21(29)14-25(15-22(24)30-19(5)28)8-10-26(11-9-25)18(4)27/h12-13H,8-11,14-15H2,1-5H3. The molecule has 0 N–H and O–H groups in total. The van der Waals surface area contributed by atoms with Gasteiger partial charge >= 0.3 is 5.97 Å². The van der Waals surface area contributed by atoms with Gasteiger partial charge in [0.05, 0.1) is 5.57 Å². The smallest absolute Gasteiger partial charge is 0.307 e. The minimum absolute atomic E-state index is 0.00861. The molecule has 2 aliphatic rings. The first-order valence-corrected chi connectivity index (χ1v) is 10.4. The molecule has 5 nitrogen and oxygen atoms in total. The Morgan fingerprint density at radius 1 is 1.07 bits per heavy atom. The van der Waals surface area contributed by atoms with Crippen LogP contribution in [0, 0.1) is 31.1 Å². The van der Waals surface area contributed by atoms with Crippen LogP contribution < -0.4 is 0 Å². The Hall–Kier alpha value is -2.87. The number of hydrogen-bond acceptors (Lipinski definition) is 4. The van der Waals surface area contributed by atoms with E-state index in [0.717, 1.165) is 35.1 Å². The number of hydrogen-bond donors (Lipinski definition) is 0. The summed E-state index contributed by atoms with van der Waals surface area (Å²) in [5, 5.41) is 0. The number of rotatable bonds is 2. The zero-order valence-corrected chi connectivity index (χ0v) is 18.5. The molecule has 1 saturated heterocycles. The summed E-state index contributed by atoms with van der Waals surface area (Å²) in [5.41, 5.74) is 3.91. The Kier molecular flexibility index (Phi) is 6.17. The molecule has 0 aromatic heterocycles. The van der Waals surface area contributed by atoms with E-state index in [1.165, 1.54) is 6.92 Å². The van der Waals surface area contributed by atoms with Gasteiger partial charge in [0.2, 0.25) is 5.91 Å². The second-order valence-electron chi connectivity index (χ2n) is 8.53. The number of carbonyl (C=O) groups is 3. The molecule has 1 aromatic rings. The number of carbonyl (C=O) groups excluding carboxylic acids is 3. The lowest BCUT2D eigenvalue weighted by Crippen LogP contribution is -2.45. The fourth-order valence-electron chi connectivity index (χ4n) is 4.84. The topological polar surface area (TPSA) is 63.7 Å². The highest BCUT2D eigenvalue weighted by Gasteiger charge is 2.44. The lowest BCUT2D eigenvalue weighted by molar-refractivity contribution is -0.138. The third-order valence-electron chi connectivity index (χ3n) is 6.22. The van der Waals surface area contributed by atoms with Crippen LogP contribution in [0.5, 0.6) is 0 Å². The number of esters is 1. The Balaban J connectivity index is 2.05. The summed E-state index contributed by atoms with van der Waals surface area (Å²) in [7, 11) is 0. The van der Waals surface area contributed by atoms with Gasteiger partial charge in [0.1, 0.15) is 5.76 Å². The van der Waals surface area contributed by atoms with Crippen LogP contribution in [0.1, 0.15) is 68.7 Å². The molecule has 30 heavy (non-hydrogen) atoms. The molecular weight excluding hydrogens is 378 g/mol. The molecule has 0 bridgehead atoms. The van der Waals surface area contributed by atoms with E-state index in [1.807, 2.05) is 30.9 Å². The molecule has 1 amide bonds. The van der Waals surface area contributed by atoms with Crippen molar-refractivity contribution in [2.75, 3.05) is 13.1 Å². The van der Waals surface area contributed by atoms with E-state index in [9.17, 15) is 14.4 Å². The minimum Gasteiger partial charge on any atom is -0.430 e. The van der Waals surface area contributed by atoms with Gasteiger partial charge < -0.3 is 9.64 Å². The number of allylic oxidation sites excluding steroid dienone is 2. The van der Waals surface area contributed by atoms with Gasteiger partial charge in [-0.2, -0.15) is 0 Å². The van der Waals surface area contributed by atoms with Crippen molar-refractivity contribution in [3.05, 3.63) is 40.1 Å². The lowest BCUT2D eigenvalue weighted by atomic mass is 9.66. The van der Waals surface area contributed by atoms with E-state index >= 15 is 0 Å². The first-order valence-electron chi connectivity index (χ1n) is 10.4. The molecule has 3 rings (SSSR count). The Morgan fingerprint density at radius 2 is 1.67 bits per heavy atom. The second kappa shape index (κ2) is 8.47. The maximum absolute atomic E-state index is 13.4. The molecule has 1 aromatic carbocycles. The summed E-state index contributed by atoms with van der Waals surface area (Å²) < 4.78 is 5.63. The maximum Gasteiger partial charge on any atom is 0.307 e. The second-order valence-corrected chi connectivity index (χ2v) is 8.53. The molecule has 1 aliphatic carbocycles. The molecule has 1 aliphatic heterocycles. The van der Waals surface area contributed by atoms with Crippen molar-refractivity contribution in [3.8, 4) is 11.8 Å². The van der Waals surface area contributed by atoms with Gasteiger partial charge in [-0.1, -0.05) is 5.92 Å². The third kappa shape index (κ3) is 4.33. The summed E-state index contributed by atoms with van der Waals surface area (Å²) in [6.07, 6.45) is 2.42. The molecule has 1 heterocycles. The van der Waals surface area contributed by atoms with Gasteiger partial charge in [-0.15, -0.1) is 5.92 Å². The van der Waals surface area contributed by atoms with Crippen LogP contribution >= 0.6 is 0 Å². The number of amides is 1. The highest BCUT2D eigenvalue weighted by Crippen LogP contribution is 2.48. The van der Waals surface area contributed by atoms with Gasteiger partial charge in [-0.05, 0) is 67.9 Å². The molecule has 1 fully saturated rings. The number of likely N-dealkylation sites (tertiary alicyclic amines) is 1. The van der Waals surface area contributed by atoms with Gasteiger partial charge in [0.25, 0.3) is 0 Å². The minimum atomic E-state index is -0.419. The number of nitrogens with zero attached hydrogens (tertiary/aromatic N) is 1. The summed E-state index contributed by atoms with van der Waals surface area (Å²) >= 11 is 0. The molecule has 0 radical (unpaired) electrons. The Labute approximate surface area is 178 Å². The van der Waals surface area contributed by atoms with E-state index in [0.29, 0.717) is 37.3 Å². The van der Waals surface area contributed by atoms with E-state index in [1.54, 1.807) is 13.8 Å². The number of aryl methyl sites for hydroxylation is 2. The average Bonchev–Trinajstić information content (AvgIpc) is 2.63. The van der Waals surface area contributed by atoms with Crippen molar-refractivity contribution >= 4 is 23.2 Å². The van der Waals surface area contributed by atoms with Crippen LogP contribution in [0.3, 0.4) is 0 Å². The summed E-state index contributed by atoms with van der Waals surface area (Å²) in [6, 6.07) is 3.94. The van der Waals surface area contributed by atoms with Crippen LogP contribution in [-0.2, 0) is 19.1 Å². The van der Waals surface area contributed by atoms with Crippen LogP contribution in [0.4, 0.5) is 0 Å². The fraction of sp³-hybridized carbons (Fsp3) is 0.480. The van der Waals surface area contributed by atoms with Gasteiger partial charge in [-0.3, -0.25) is 14.4 Å². The average molecular weight is 408 g/mol. The molecule has 0 saturated carbocycles. The summed E-state index contributed by atoms with van der Waals surface area (Å²) in [5.74, 6) is 6.09. The third-order valence-corrected chi connectivity index (χ3v) is 6.22. The van der Waals surface area contributed by atoms with Crippen molar-refractivity contribution in [1.29, 1.82) is 0 Å². The van der Waals surface area contributed by atoms with Crippen molar-refractivity contribution < 1.29 is 19.1 Å². The van der Waals surface area contributed by atoms with Crippen LogP contribution in [0.25, 0.3) is 5.57 Å². The summed E-state index contributed by atoms with van der Waals surface area (Å²) in [4.78, 5) is 38.8. The van der Waals surface area contributed by atoms with Crippen molar-refractivity contribution in [3.63, 3.8) is 0 Å². The monoisotopic (exact) mass is 407 g/mol. The molecule has 158 valence electrons. The Bertz CT molecular complexity index is 975. The largest absolute Gasteiger partial charge is 0.430 e. The molecular formula is C25H29NO4. The summed E-state index contributed by atoms with van der Waals surface area (Å²) in [6.45, 7) is 9.93. The van der Waals surface area contributed by atoms with Gasteiger partial charge in [0, 0.05) is 45.3 Å². The van der Waals surface area contributed by atoms with Crippen LogP contribution in [0.2, 0.25) is 0 Å². The predicted molar refractivity (Wildman–Crippen MR) is 115 cm³/mol. The zero-order chi connectivity index (χ0) is 22.1. The molecule has 0 atom stereocenters. The number of Topliss-reactive ketones (excluding diaryl/α,β-unsaturated/α-hetero) is 1. The molecule has 1 spiro atoms. The van der Waals surface area contributed by atoms with Crippen molar-refractivity contribution in [1.82, 2.24) is 4.90 Å². The quantitative estimate of drug-likeness (QED) is 0.550. The van der Waals surface area contributed by atoms with E-state index in [-0.39, 0.29) is 17.1 Å². The molecule has 0 unspecified atom stereocenters. The van der Waals surface area contributed by atoms with Gasteiger partial charge in [0.15, 0.2) is 5.78 Å².